The van der Waals surface area contributed by atoms with E-state index in [-0.39, 0.29) is 17.7 Å². The van der Waals surface area contributed by atoms with Gasteiger partial charge >= 0.3 is 11.9 Å². The van der Waals surface area contributed by atoms with Gasteiger partial charge in [-0.3, -0.25) is 0 Å². The van der Waals surface area contributed by atoms with E-state index in [9.17, 15) is 9.59 Å². The minimum atomic E-state index is -1.13. The van der Waals surface area contributed by atoms with E-state index in [0.29, 0.717) is 12.0 Å². The van der Waals surface area contributed by atoms with Crippen molar-refractivity contribution in [3.8, 4) is 0 Å². The van der Waals surface area contributed by atoms with E-state index in [2.05, 4.69) is 10.0 Å². The van der Waals surface area contributed by atoms with Crippen molar-refractivity contribution in [2.45, 2.75) is 6.42 Å². The molecule has 0 aliphatic heterocycles. The second-order valence-electron chi connectivity index (χ2n) is 3.56. The van der Waals surface area contributed by atoms with E-state index in [1.54, 1.807) is 6.08 Å². The Labute approximate surface area is 108 Å². The molecule has 0 fully saturated rings. The Morgan fingerprint density at radius 1 is 1.32 bits per heavy atom. The number of benzene rings is 1. The summed E-state index contributed by atoms with van der Waals surface area (Å²) in [4.78, 5) is 24.4. The summed E-state index contributed by atoms with van der Waals surface area (Å²) in [7, 11) is 0. The molecule has 0 heterocycles. The number of rotatable bonds is 6. The molecule has 0 aliphatic carbocycles. The lowest BCUT2D eigenvalue weighted by Crippen LogP contribution is -2.03. The van der Waals surface area contributed by atoms with Gasteiger partial charge in [-0.2, -0.15) is 0 Å². The van der Waals surface area contributed by atoms with Crippen LogP contribution in [0.2, 0.25) is 0 Å². The highest BCUT2D eigenvalue weighted by molar-refractivity contribution is 5.95. The first-order valence-electron chi connectivity index (χ1n) is 5.34. The van der Waals surface area contributed by atoms with Gasteiger partial charge in [0, 0.05) is 11.5 Å². The minimum absolute atomic E-state index is 0.0136. The largest absolute Gasteiger partial charge is 0.478 e. The van der Waals surface area contributed by atoms with Gasteiger partial charge in [0.05, 0.1) is 11.1 Å². The van der Waals surface area contributed by atoms with Crippen LogP contribution in [0.25, 0.3) is 16.5 Å². The molecule has 0 saturated heterocycles. The van der Waals surface area contributed by atoms with Gasteiger partial charge in [0.25, 0.3) is 0 Å². The Morgan fingerprint density at radius 3 is 2.63 bits per heavy atom. The maximum Gasteiger partial charge on any atom is 0.336 e. The van der Waals surface area contributed by atoms with Crippen LogP contribution < -0.4 is 0 Å². The van der Waals surface area contributed by atoms with Gasteiger partial charge in [0.2, 0.25) is 0 Å². The lowest BCUT2D eigenvalue weighted by molar-refractivity contribution is 0.0681. The van der Waals surface area contributed by atoms with Crippen molar-refractivity contribution in [2.24, 2.45) is 5.11 Å². The van der Waals surface area contributed by atoms with Gasteiger partial charge in [0.1, 0.15) is 0 Å². The minimum Gasteiger partial charge on any atom is -0.478 e. The maximum atomic E-state index is 11.0. The first-order valence-corrected chi connectivity index (χ1v) is 5.34. The molecule has 98 valence electrons. The third kappa shape index (κ3) is 4.18. The molecule has 1 aromatic carbocycles. The van der Waals surface area contributed by atoms with Crippen LogP contribution in [0.5, 0.6) is 0 Å². The predicted molar refractivity (Wildman–Crippen MR) is 68.0 cm³/mol. The molecule has 1 rings (SSSR count). The second kappa shape index (κ2) is 6.83. The number of hydrogen-bond donors (Lipinski definition) is 2. The Kier molecular flexibility index (Phi) is 5.13. The zero-order chi connectivity index (χ0) is 14.3. The van der Waals surface area contributed by atoms with E-state index in [1.165, 1.54) is 24.3 Å². The molecule has 0 atom stereocenters. The number of aromatic carboxylic acids is 2. The molecular weight excluding hydrogens is 250 g/mol. The lowest BCUT2D eigenvalue weighted by Gasteiger charge is -2.03. The van der Waals surface area contributed by atoms with Gasteiger partial charge in [0.15, 0.2) is 0 Å². The maximum absolute atomic E-state index is 11.0. The van der Waals surface area contributed by atoms with Gasteiger partial charge in [-0.05, 0) is 35.7 Å². The molecule has 0 aliphatic rings. The van der Waals surface area contributed by atoms with E-state index < -0.39 is 11.9 Å². The zero-order valence-electron chi connectivity index (χ0n) is 9.85. The highest BCUT2D eigenvalue weighted by Crippen LogP contribution is 2.15. The highest BCUT2D eigenvalue weighted by atomic mass is 16.4. The van der Waals surface area contributed by atoms with Crippen molar-refractivity contribution in [3.63, 3.8) is 0 Å². The number of carboxylic acid groups (broad SMARTS) is 2. The molecule has 0 amide bonds. The fourth-order valence-electron chi connectivity index (χ4n) is 1.42. The highest BCUT2D eigenvalue weighted by Gasteiger charge is 2.11. The summed E-state index contributed by atoms with van der Waals surface area (Å²) in [6.07, 6.45) is 3.57. The van der Waals surface area contributed by atoms with Crippen LogP contribution in [0.1, 0.15) is 32.7 Å². The topological polar surface area (TPSA) is 123 Å². The van der Waals surface area contributed by atoms with Crippen LogP contribution in [0, 0.1) is 0 Å². The molecule has 19 heavy (non-hydrogen) atoms. The molecule has 7 heteroatoms. The standard InChI is InChI=1S/C12H11N3O4/c13-15-14-6-2-1-3-8-7-9(11(16)17)4-5-10(8)12(18)19/h1,3-5,7H,2,6H2,(H,16,17)(H,18,19). The van der Waals surface area contributed by atoms with Crippen LogP contribution in [0.4, 0.5) is 0 Å². The SMILES string of the molecule is [N-]=[N+]=NCCC=Cc1cc(C(=O)O)ccc1C(=O)O. The van der Waals surface area contributed by atoms with Gasteiger partial charge in [-0.1, -0.05) is 17.3 Å². The number of hydrogen-bond acceptors (Lipinski definition) is 3. The Hall–Kier alpha value is -2.79. The first-order chi connectivity index (χ1) is 9.06. The van der Waals surface area contributed by atoms with Crippen LogP contribution in [-0.4, -0.2) is 28.7 Å². The number of carbonyl (C=O) groups is 2. The quantitative estimate of drug-likeness (QED) is 0.353. The summed E-state index contributed by atoms with van der Waals surface area (Å²) in [6.45, 7) is 0.258. The lowest BCUT2D eigenvalue weighted by atomic mass is 10.0. The molecule has 0 unspecified atom stereocenters. The zero-order valence-corrected chi connectivity index (χ0v) is 9.85. The van der Waals surface area contributed by atoms with Crippen molar-refractivity contribution in [1.29, 1.82) is 0 Å². The van der Waals surface area contributed by atoms with E-state index >= 15 is 0 Å². The number of carboxylic acids is 2. The molecular formula is C12H11N3O4. The molecule has 0 radical (unpaired) electrons. The van der Waals surface area contributed by atoms with Gasteiger partial charge < -0.3 is 10.2 Å². The van der Waals surface area contributed by atoms with Gasteiger partial charge in [-0.15, -0.1) is 0 Å². The molecule has 0 aromatic heterocycles. The monoisotopic (exact) mass is 261 g/mol. The molecule has 2 N–H and O–H groups in total. The van der Waals surface area contributed by atoms with Crippen LogP contribution in [0.3, 0.4) is 0 Å². The Bertz CT molecular complexity index is 574. The van der Waals surface area contributed by atoms with Gasteiger partial charge in [-0.25, -0.2) is 9.59 Å². The summed E-state index contributed by atoms with van der Waals surface area (Å²) >= 11 is 0. The average Bonchev–Trinajstić information content (AvgIpc) is 2.38. The summed E-state index contributed by atoms with van der Waals surface area (Å²) in [5, 5.41) is 21.2. The summed E-state index contributed by atoms with van der Waals surface area (Å²) in [5.41, 5.74) is 8.42. The third-order valence-corrected chi connectivity index (χ3v) is 2.29. The fraction of sp³-hybridized carbons (Fsp3) is 0.167. The number of nitrogens with zero attached hydrogens (tertiary/aromatic N) is 3. The van der Waals surface area contributed by atoms with Crippen LogP contribution in [0.15, 0.2) is 29.4 Å². The van der Waals surface area contributed by atoms with Crippen LogP contribution in [-0.2, 0) is 0 Å². The van der Waals surface area contributed by atoms with Crippen molar-refractivity contribution in [3.05, 3.63) is 51.4 Å². The first kappa shape index (κ1) is 14.3. The smallest absolute Gasteiger partial charge is 0.336 e. The molecule has 7 nitrogen and oxygen atoms in total. The molecule has 1 aromatic rings. The van der Waals surface area contributed by atoms with Crippen molar-refractivity contribution < 1.29 is 19.8 Å². The summed E-state index contributed by atoms with van der Waals surface area (Å²) in [5.74, 6) is -2.26. The van der Waals surface area contributed by atoms with Crippen molar-refractivity contribution in [2.75, 3.05) is 6.54 Å². The van der Waals surface area contributed by atoms with Crippen molar-refractivity contribution in [1.82, 2.24) is 0 Å². The predicted octanol–water partition coefficient (Wildman–Crippen LogP) is 2.80. The molecule has 0 bridgehead atoms. The Balaban J connectivity index is 3.00. The van der Waals surface area contributed by atoms with Crippen molar-refractivity contribution >= 4 is 18.0 Å². The van der Waals surface area contributed by atoms with Crippen LogP contribution >= 0.6 is 0 Å². The van der Waals surface area contributed by atoms with E-state index in [4.69, 9.17) is 15.7 Å². The van der Waals surface area contributed by atoms with E-state index in [1.807, 2.05) is 0 Å². The molecule has 0 spiro atoms. The summed E-state index contributed by atoms with van der Waals surface area (Å²) < 4.78 is 0. The average molecular weight is 261 g/mol. The Morgan fingerprint density at radius 2 is 2.05 bits per heavy atom. The normalized spacial score (nSPS) is 10.1. The molecule has 0 saturated carbocycles. The van der Waals surface area contributed by atoms with E-state index in [0.717, 1.165) is 0 Å². The fourth-order valence-corrected chi connectivity index (χ4v) is 1.42. The second-order valence-corrected chi connectivity index (χ2v) is 3.56. The summed E-state index contributed by atoms with van der Waals surface area (Å²) in [6, 6.07) is 3.78. The third-order valence-electron chi connectivity index (χ3n) is 2.29. The number of azide groups is 1.